The molecular formula is CH6KNaRb. The van der Waals surface area contributed by atoms with Crippen LogP contribution in [0, 0.1) is 0 Å². The molecule has 0 N–H and O–H groups in total. The third-order valence-electron chi connectivity index (χ3n) is 0. The van der Waals surface area contributed by atoms with Gasteiger partial charge >= 0.3 is 80.9 Å². The monoisotopic (exact) mass is 165 g/mol. The molecule has 0 aromatic heterocycles. The van der Waals surface area contributed by atoms with E-state index in [9.17, 15) is 0 Å². The van der Waals surface area contributed by atoms with E-state index in [0.717, 1.165) is 0 Å². The summed E-state index contributed by atoms with van der Waals surface area (Å²) in [5.74, 6) is 0. The summed E-state index contributed by atoms with van der Waals surface area (Å²) in [6.07, 6.45) is 0. The molecule has 0 unspecified atom stereocenters. The number of hydrogen-bond acceptors (Lipinski definition) is 0. The van der Waals surface area contributed by atoms with Gasteiger partial charge in [-0.05, 0) is 0 Å². The van der Waals surface area contributed by atoms with Crippen molar-refractivity contribution in [2.45, 2.75) is 7.43 Å². The van der Waals surface area contributed by atoms with Gasteiger partial charge in [-0.2, -0.15) is 0 Å². The Labute approximate surface area is 141 Å². The van der Waals surface area contributed by atoms with E-state index < -0.39 is 0 Å². The number of rotatable bonds is 0. The average molecular weight is 166 g/mol. The zero-order valence-electron chi connectivity index (χ0n) is 1.00. The third-order valence-corrected chi connectivity index (χ3v) is 0. The van der Waals surface area contributed by atoms with Gasteiger partial charge < -0.3 is 0 Å². The molecule has 13 valence electrons. The molecule has 4 heavy (non-hydrogen) atoms. The summed E-state index contributed by atoms with van der Waals surface area (Å²) >= 11 is 0. The van der Waals surface area contributed by atoms with E-state index in [2.05, 4.69) is 0 Å². The van der Waals surface area contributed by atoms with Crippen LogP contribution < -0.4 is 0 Å². The maximum Gasteiger partial charge on any atom is 0 e. The van der Waals surface area contributed by atoms with Gasteiger partial charge in [0, 0.05) is 58.2 Å². The first-order valence-electron chi connectivity index (χ1n) is 0. The van der Waals surface area contributed by atoms with E-state index >= 15 is 0 Å². The molecule has 0 saturated carbocycles. The fourth-order valence-corrected chi connectivity index (χ4v) is 0. The molecule has 0 fully saturated rings. The van der Waals surface area contributed by atoms with Gasteiger partial charge in [0.05, 0.1) is 0 Å². The van der Waals surface area contributed by atoms with Gasteiger partial charge in [0.25, 0.3) is 0 Å². The molecule has 0 atom stereocenters. The maximum absolute atomic E-state index is 0. The van der Waals surface area contributed by atoms with E-state index in [1.807, 2.05) is 0 Å². The minimum absolute atomic E-state index is 0. The smallest absolute Gasteiger partial charge is 0 e. The van der Waals surface area contributed by atoms with Crippen LogP contribution in [0.5, 0.6) is 0 Å². The minimum Gasteiger partial charge on any atom is 0 e. The molecule has 0 amide bonds. The maximum atomic E-state index is 0. The van der Waals surface area contributed by atoms with Crippen LogP contribution in [0.4, 0.5) is 0 Å². The minimum atomic E-state index is 0. The molecule has 0 saturated heterocycles. The standard InChI is InChI=1S/CH4.K.Na.Rb.2H/h1H4;;;;;. The quantitative estimate of drug-likeness (QED) is 0.403. The summed E-state index contributed by atoms with van der Waals surface area (Å²) in [4.78, 5) is 0. The van der Waals surface area contributed by atoms with Gasteiger partial charge in [0.1, 0.15) is 0 Å². The largest absolute Gasteiger partial charge is 0 e. The normalized spacial score (nSPS) is 0. The van der Waals surface area contributed by atoms with E-state index in [1.54, 1.807) is 0 Å². The van der Waals surface area contributed by atoms with Crippen LogP contribution >= 0.6 is 0 Å². The first-order chi connectivity index (χ1) is 0. The Morgan fingerprint density at radius 1 is 1.00 bits per heavy atom. The first kappa shape index (κ1) is 23.7. The van der Waals surface area contributed by atoms with Gasteiger partial charge in [-0.1, -0.05) is 7.43 Å². The summed E-state index contributed by atoms with van der Waals surface area (Å²) in [5, 5.41) is 0. The molecule has 0 aromatic rings. The van der Waals surface area contributed by atoms with Gasteiger partial charge in [-0.25, -0.2) is 0 Å². The van der Waals surface area contributed by atoms with E-state index in [1.165, 1.54) is 0 Å². The van der Waals surface area contributed by atoms with Crippen LogP contribution in [-0.4, -0.2) is 139 Å². The van der Waals surface area contributed by atoms with Crippen molar-refractivity contribution in [3.63, 3.8) is 0 Å². The molecule has 0 aliphatic heterocycles. The molecule has 3 heteroatoms. The van der Waals surface area contributed by atoms with Crippen molar-refractivity contribution in [3.8, 4) is 0 Å². The molecular weight excluding hydrogens is 160 g/mol. The molecule has 0 bridgehead atoms. The zero-order chi connectivity index (χ0) is 0. The Bertz CT molecular complexity index is 8.00. The summed E-state index contributed by atoms with van der Waals surface area (Å²) in [6, 6.07) is 0. The topological polar surface area (TPSA) is 0 Å². The molecule has 0 aliphatic rings. The van der Waals surface area contributed by atoms with Crippen molar-refractivity contribution in [2.75, 3.05) is 0 Å². The van der Waals surface area contributed by atoms with Crippen molar-refractivity contribution in [2.24, 2.45) is 0 Å². The van der Waals surface area contributed by atoms with Crippen molar-refractivity contribution in [3.05, 3.63) is 0 Å². The molecule has 0 rings (SSSR count). The summed E-state index contributed by atoms with van der Waals surface area (Å²) in [6.45, 7) is 0. The second-order valence-corrected chi connectivity index (χ2v) is 0. The fourth-order valence-electron chi connectivity index (χ4n) is 0. The van der Waals surface area contributed by atoms with Crippen molar-refractivity contribution in [1.29, 1.82) is 0 Å². The SMILES string of the molecule is C.[KH].[NaH].[Rb]. The Hall–Kier alpha value is 4.44. The zero-order valence-corrected chi connectivity index (χ0v) is 5.92. The molecule has 0 nitrogen and oxygen atoms in total. The summed E-state index contributed by atoms with van der Waals surface area (Å²) < 4.78 is 0. The predicted octanol–water partition coefficient (Wildman–Crippen LogP) is -1.04. The Balaban J connectivity index is 0. The summed E-state index contributed by atoms with van der Waals surface area (Å²) in [5.41, 5.74) is 0. The average Bonchev–Trinajstić information content (AvgIpc) is 0. The molecule has 0 aliphatic carbocycles. The molecule has 0 aromatic carbocycles. The number of hydrogen-bond donors (Lipinski definition) is 0. The Kier molecular flexibility index (Phi) is 92.7. The van der Waals surface area contributed by atoms with Gasteiger partial charge in [-0.3, -0.25) is 0 Å². The van der Waals surface area contributed by atoms with Crippen LogP contribution in [-0.2, 0) is 0 Å². The molecule has 1 radical (unpaired) electrons. The van der Waals surface area contributed by atoms with Gasteiger partial charge in [-0.15, -0.1) is 0 Å². The van der Waals surface area contributed by atoms with Crippen LogP contribution in [0.15, 0.2) is 0 Å². The fraction of sp³-hybridized carbons (Fsp3) is 1.00. The second kappa shape index (κ2) is 15.7. The predicted molar refractivity (Wildman–Crippen MR) is 26.8 cm³/mol. The van der Waals surface area contributed by atoms with Crippen molar-refractivity contribution in [1.82, 2.24) is 0 Å². The van der Waals surface area contributed by atoms with Crippen molar-refractivity contribution >= 4 is 139 Å². The second-order valence-electron chi connectivity index (χ2n) is 0. The third kappa shape index (κ3) is 9.67. The van der Waals surface area contributed by atoms with E-state index in [-0.39, 0.29) is 147 Å². The Morgan fingerprint density at radius 2 is 1.00 bits per heavy atom. The van der Waals surface area contributed by atoms with Crippen LogP contribution in [0.25, 0.3) is 0 Å². The molecule has 0 spiro atoms. The van der Waals surface area contributed by atoms with Gasteiger partial charge in [0.2, 0.25) is 0 Å². The van der Waals surface area contributed by atoms with E-state index in [4.69, 9.17) is 0 Å². The van der Waals surface area contributed by atoms with E-state index in [0.29, 0.717) is 0 Å². The van der Waals surface area contributed by atoms with Crippen LogP contribution in [0.2, 0.25) is 0 Å². The molecule has 0 heterocycles. The van der Waals surface area contributed by atoms with Crippen LogP contribution in [0.3, 0.4) is 0 Å². The van der Waals surface area contributed by atoms with Gasteiger partial charge in [0.15, 0.2) is 0 Å². The first-order valence-corrected chi connectivity index (χ1v) is 0. The Morgan fingerprint density at radius 3 is 1.00 bits per heavy atom. The summed E-state index contributed by atoms with van der Waals surface area (Å²) in [7, 11) is 0. The van der Waals surface area contributed by atoms with Crippen molar-refractivity contribution < 1.29 is 0 Å². The van der Waals surface area contributed by atoms with Crippen LogP contribution in [0.1, 0.15) is 7.43 Å².